The number of likely N-dealkylation sites (N-methyl/N-ethyl adjacent to an activating group) is 1. The largest absolute Gasteiger partial charge is 0.340 e. The van der Waals surface area contributed by atoms with E-state index in [4.69, 9.17) is 0 Å². The second-order valence-corrected chi connectivity index (χ2v) is 10.6. The van der Waals surface area contributed by atoms with E-state index >= 15 is 0 Å². The van der Waals surface area contributed by atoms with Crippen LogP contribution in [-0.4, -0.2) is 53.7 Å². The molecule has 0 radical (unpaired) electrons. The first-order valence-corrected chi connectivity index (χ1v) is 13.3. The number of nitrogens with one attached hydrogen (secondary N) is 2. The van der Waals surface area contributed by atoms with Gasteiger partial charge >= 0.3 is 0 Å². The lowest BCUT2D eigenvalue weighted by molar-refractivity contribution is 0.377. The van der Waals surface area contributed by atoms with Gasteiger partial charge in [0.05, 0.1) is 24.0 Å². The lowest BCUT2D eigenvalue weighted by atomic mass is 10.1. The zero-order valence-electron chi connectivity index (χ0n) is 20.8. The molecule has 11 heteroatoms. The first-order valence-electron chi connectivity index (χ1n) is 11.9. The minimum Gasteiger partial charge on any atom is -0.340 e. The van der Waals surface area contributed by atoms with E-state index in [1.54, 1.807) is 24.3 Å². The number of rotatable bonds is 9. The van der Waals surface area contributed by atoms with Crippen LogP contribution >= 0.6 is 0 Å². The molecule has 0 amide bonds. The number of hydrogen-bond acceptors (Lipinski definition) is 7. The Bertz CT molecular complexity index is 1690. The monoisotopic (exact) mass is 531 g/mol. The third kappa shape index (κ3) is 5.63. The van der Waals surface area contributed by atoms with Crippen LogP contribution in [0.5, 0.6) is 0 Å². The predicted octanol–water partition coefficient (Wildman–Crippen LogP) is 4.74. The van der Waals surface area contributed by atoms with E-state index in [9.17, 15) is 12.8 Å². The van der Waals surface area contributed by atoms with Crippen LogP contribution in [0.1, 0.15) is 0 Å². The zero-order valence-corrected chi connectivity index (χ0v) is 21.7. The number of anilines is 3. The van der Waals surface area contributed by atoms with Crippen LogP contribution in [0, 0.1) is 5.82 Å². The van der Waals surface area contributed by atoms with Gasteiger partial charge in [-0.1, -0.05) is 18.2 Å². The molecule has 5 rings (SSSR count). The van der Waals surface area contributed by atoms with Crippen LogP contribution < -0.4 is 10.0 Å². The quantitative estimate of drug-likeness (QED) is 0.283. The Morgan fingerprint density at radius 3 is 2.47 bits per heavy atom. The molecule has 38 heavy (non-hydrogen) atoms. The second kappa shape index (κ2) is 10.6. The molecule has 0 bridgehead atoms. The fourth-order valence-corrected chi connectivity index (χ4v) is 5.08. The number of sulfonamides is 1. The fraction of sp³-hybridized carbons (Fsp3) is 0.148. The Morgan fingerprint density at radius 2 is 1.71 bits per heavy atom. The summed E-state index contributed by atoms with van der Waals surface area (Å²) < 4.78 is 43.4. The van der Waals surface area contributed by atoms with E-state index in [1.807, 2.05) is 43.2 Å². The summed E-state index contributed by atoms with van der Waals surface area (Å²) in [5.41, 5.74) is 3.75. The molecule has 0 saturated carbocycles. The number of halogens is 1. The maximum absolute atomic E-state index is 13.9. The Balaban J connectivity index is 1.29. The van der Waals surface area contributed by atoms with Gasteiger partial charge in [0.2, 0.25) is 0 Å². The van der Waals surface area contributed by atoms with Crippen molar-refractivity contribution in [2.45, 2.75) is 11.4 Å². The van der Waals surface area contributed by atoms with Crippen molar-refractivity contribution < 1.29 is 12.8 Å². The summed E-state index contributed by atoms with van der Waals surface area (Å²) in [6.45, 7) is 1.71. The molecular weight excluding hydrogens is 505 g/mol. The zero-order chi connectivity index (χ0) is 26.7. The molecule has 9 nitrogen and oxygen atoms in total. The maximum atomic E-state index is 13.9. The predicted molar refractivity (Wildman–Crippen MR) is 146 cm³/mol. The standard InChI is InChI=1S/C27H26FN7O2S/c1-34(2)13-14-35-25-12-7-19(15-20(25)17-31-35)24-16-27(30-18-29-24)32-21-8-10-22(11-9-21)33-38(36,37)26-6-4-3-5-23(26)28/h3-12,15-18,33H,13-14H2,1-2H3,(H,29,30,32). The third-order valence-corrected chi connectivity index (χ3v) is 7.31. The van der Waals surface area contributed by atoms with Crippen molar-refractivity contribution in [2.24, 2.45) is 0 Å². The lowest BCUT2D eigenvalue weighted by Crippen LogP contribution is -2.18. The smallest absolute Gasteiger partial charge is 0.264 e. The highest BCUT2D eigenvalue weighted by molar-refractivity contribution is 7.92. The van der Waals surface area contributed by atoms with Gasteiger partial charge in [0.25, 0.3) is 10.0 Å². The molecule has 0 fully saturated rings. The highest BCUT2D eigenvalue weighted by Gasteiger charge is 2.18. The maximum Gasteiger partial charge on any atom is 0.264 e. The summed E-state index contributed by atoms with van der Waals surface area (Å²) in [5, 5.41) is 8.74. The van der Waals surface area contributed by atoms with Crippen LogP contribution in [0.3, 0.4) is 0 Å². The average Bonchev–Trinajstić information content (AvgIpc) is 3.31. The average molecular weight is 532 g/mol. The van der Waals surface area contributed by atoms with Crippen molar-refractivity contribution in [1.82, 2.24) is 24.6 Å². The summed E-state index contributed by atoms with van der Waals surface area (Å²) in [5.74, 6) is -0.230. The summed E-state index contributed by atoms with van der Waals surface area (Å²) in [6.07, 6.45) is 3.34. The number of fused-ring (bicyclic) bond motifs is 1. The van der Waals surface area contributed by atoms with E-state index in [0.717, 1.165) is 41.3 Å². The van der Waals surface area contributed by atoms with Gasteiger partial charge in [-0.05, 0) is 62.6 Å². The molecule has 2 aromatic heterocycles. The van der Waals surface area contributed by atoms with Crippen molar-refractivity contribution >= 4 is 38.1 Å². The molecule has 0 aliphatic rings. The molecule has 0 atom stereocenters. The number of hydrogen-bond donors (Lipinski definition) is 2. The lowest BCUT2D eigenvalue weighted by Gasteiger charge is -2.11. The third-order valence-electron chi connectivity index (χ3n) is 5.90. The Morgan fingerprint density at radius 1 is 0.947 bits per heavy atom. The highest BCUT2D eigenvalue weighted by atomic mass is 32.2. The van der Waals surface area contributed by atoms with Crippen LogP contribution in [0.2, 0.25) is 0 Å². The number of benzene rings is 3. The molecule has 194 valence electrons. The Hall–Kier alpha value is -4.35. The summed E-state index contributed by atoms with van der Waals surface area (Å²) >= 11 is 0. The van der Waals surface area contributed by atoms with Gasteiger partial charge in [-0.15, -0.1) is 0 Å². The van der Waals surface area contributed by atoms with E-state index in [2.05, 4.69) is 36.1 Å². The first kappa shape index (κ1) is 25.3. The van der Waals surface area contributed by atoms with Crippen molar-refractivity contribution in [3.8, 4) is 11.3 Å². The van der Waals surface area contributed by atoms with E-state index in [-0.39, 0.29) is 0 Å². The van der Waals surface area contributed by atoms with Crippen LogP contribution in [0.4, 0.5) is 21.6 Å². The summed E-state index contributed by atoms with van der Waals surface area (Å²) in [4.78, 5) is 10.4. The number of aromatic nitrogens is 4. The molecule has 0 aliphatic carbocycles. The fourth-order valence-electron chi connectivity index (χ4n) is 3.95. The molecule has 0 aliphatic heterocycles. The minimum atomic E-state index is -4.05. The van der Waals surface area contributed by atoms with Crippen molar-refractivity contribution in [2.75, 3.05) is 30.7 Å². The highest BCUT2D eigenvalue weighted by Crippen LogP contribution is 2.26. The summed E-state index contributed by atoms with van der Waals surface area (Å²) in [7, 11) is 0.0248. The van der Waals surface area contributed by atoms with Gasteiger partial charge in [-0.25, -0.2) is 22.8 Å². The van der Waals surface area contributed by atoms with E-state index in [0.29, 0.717) is 17.2 Å². The van der Waals surface area contributed by atoms with E-state index < -0.39 is 20.7 Å². The van der Waals surface area contributed by atoms with Crippen LogP contribution in [-0.2, 0) is 16.6 Å². The van der Waals surface area contributed by atoms with Crippen LogP contribution in [0.15, 0.2) is 90.2 Å². The topological polar surface area (TPSA) is 105 Å². The van der Waals surface area contributed by atoms with Gasteiger partial charge in [0.15, 0.2) is 0 Å². The normalized spacial score (nSPS) is 11.7. The van der Waals surface area contributed by atoms with Crippen LogP contribution in [0.25, 0.3) is 22.2 Å². The molecular formula is C27H26FN7O2S. The van der Waals surface area contributed by atoms with Gasteiger partial charge in [0.1, 0.15) is 22.9 Å². The summed E-state index contributed by atoms with van der Waals surface area (Å²) in [6, 6.07) is 19.8. The molecule has 0 unspecified atom stereocenters. The SMILES string of the molecule is CN(C)CCn1ncc2cc(-c3cc(Nc4ccc(NS(=O)(=O)c5ccccc5F)cc4)ncn3)ccc21. The molecule has 3 aromatic carbocycles. The molecule has 0 saturated heterocycles. The molecule has 0 spiro atoms. The van der Waals surface area contributed by atoms with Gasteiger partial charge in [-0.2, -0.15) is 5.10 Å². The second-order valence-electron chi connectivity index (χ2n) is 8.97. The molecule has 2 heterocycles. The van der Waals surface area contributed by atoms with Gasteiger partial charge in [-0.3, -0.25) is 9.40 Å². The minimum absolute atomic E-state index is 0.307. The Labute approximate surface area is 220 Å². The van der Waals surface area contributed by atoms with Gasteiger partial charge < -0.3 is 10.2 Å². The van der Waals surface area contributed by atoms with Crippen molar-refractivity contribution in [3.63, 3.8) is 0 Å². The number of nitrogens with zero attached hydrogens (tertiary/aromatic N) is 5. The van der Waals surface area contributed by atoms with Gasteiger partial charge in [0, 0.05) is 34.9 Å². The van der Waals surface area contributed by atoms with Crippen molar-refractivity contribution in [3.05, 3.63) is 91.1 Å². The first-order chi connectivity index (χ1) is 18.3. The molecule has 5 aromatic rings. The van der Waals surface area contributed by atoms with Crippen molar-refractivity contribution in [1.29, 1.82) is 0 Å². The van der Waals surface area contributed by atoms with E-state index in [1.165, 1.54) is 24.5 Å². The Kier molecular flexibility index (Phi) is 7.03. The molecule has 2 N–H and O–H groups in total.